The van der Waals surface area contributed by atoms with E-state index in [1.165, 1.54) is 0 Å². The summed E-state index contributed by atoms with van der Waals surface area (Å²) in [5, 5.41) is 9.77. The largest absolute Gasteiger partial charge is 0.351 e. The summed E-state index contributed by atoms with van der Waals surface area (Å²) >= 11 is 8.77. The first-order chi connectivity index (χ1) is 12.0. The molecule has 0 fully saturated rings. The third kappa shape index (κ3) is 3.91. The molecule has 128 valence electrons. The van der Waals surface area contributed by atoms with Crippen molar-refractivity contribution in [2.45, 2.75) is 19.9 Å². The molecule has 0 saturated heterocycles. The van der Waals surface area contributed by atoms with Gasteiger partial charge in [0, 0.05) is 15.9 Å². The highest BCUT2D eigenvalue weighted by molar-refractivity contribution is 9.10. The lowest BCUT2D eigenvalue weighted by atomic mass is 9.95. The summed E-state index contributed by atoms with van der Waals surface area (Å²) in [7, 11) is 0. The number of carbonyl (C=O) groups is 1. The smallest absolute Gasteiger partial charge is 0.255 e. The van der Waals surface area contributed by atoms with Crippen molar-refractivity contribution >= 4 is 44.9 Å². The van der Waals surface area contributed by atoms with Gasteiger partial charge in [-0.2, -0.15) is 0 Å². The molecule has 0 radical (unpaired) electrons. The van der Waals surface area contributed by atoms with E-state index in [-0.39, 0.29) is 11.9 Å². The highest BCUT2D eigenvalue weighted by atomic mass is 79.9. The topological polar surface area (TPSA) is 53.2 Å². The van der Waals surface area contributed by atoms with Crippen LogP contribution in [0.2, 0.25) is 0 Å². The standard InChI is InChI=1S/C19H18BrN3OS/c1-11-6-3-4-9-15(11)22-18(24)16-12(2)21-19(25)23-17(16)13-7-5-8-14(20)10-13/h3-10,17H,1-2H3,(H,22,24)(H2,21,23,25)/t17-/m0/s1. The van der Waals surface area contributed by atoms with Crippen molar-refractivity contribution in [2.75, 3.05) is 5.32 Å². The number of aryl methyl sites for hydroxylation is 1. The van der Waals surface area contributed by atoms with Gasteiger partial charge in [0.15, 0.2) is 5.11 Å². The monoisotopic (exact) mass is 415 g/mol. The van der Waals surface area contributed by atoms with Gasteiger partial charge in [-0.15, -0.1) is 0 Å². The van der Waals surface area contributed by atoms with Gasteiger partial charge >= 0.3 is 0 Å². The number of anilines is 1. The van der Waals surface area contributed by atoms with Crippen molar-refractivity contribution in [3.8, 4) is 0 Å². The Morgan fingerprint density at radius 3 is 2.64 bits per heavy atom. The number of para-hydroxylation sites is 1. The molecule has 2 aromatic rings. The van der Waals surface area contributed by atoms with Crippen LogP contribution in [0.25, 0.3) is 0 Å². The van der Waals surface area contributed by atoms with Crippen LogP contribution in [0.4, 0.5) is 5.69 Å². The summed E-state index contributed by atoms with van der Waals surface area (Å²) in [4.78, 5) is 13.0. The SMILES string of the molecule is CC1=C(C(=O)Nc2ccccc2C)[C@H](c2cccc(Br)c2)NC(=S)N1. The average molecular weight is 416 g/mol. The highest BCUT2D eigenvalue weighted by Crippen LogP contribution is 2.29. The lowest BCUT2D eigenvalue weighted by Gasteiger charge is -2.30. The zero-order valence-electron chi connectivity index (χ0n) is 13.9. The van der Waals surface area contributed by atoms with Gasteiger partial charge in [0.05, 0.1) is 11.6 Å². The minimum absolute atomic E-state index is 0.153. The molecule has 4 nitrogen and oxygen atoms in total. The number of allylic oxidation sites excluding steroid dienone is 1. The maximum Gasteiger partial charge on any atom is 0.255 e. The Morgan fingerprint density at radius 1 is 1.16 bits per heavy atom. The molecule has 0 spiro atoms. The van der Waals surface area contributed by atoms with E-state index in [9.17, 15) is 4.79 Å². The predicted octanol–water partition coefficient (Wildman–Crippen LogP) is 4.19. The van der Waals surface area contributed by atoms with Gasteiger partial charge in [-0.05, 0) is 55.4 Å². The van der Waals surface area contributed by atoms with Crippen molar-refractivity contribution in [1.82, 2.24) is 10.6 Å². The van der Waals surface area contributed by atoms with Gasteiger partial charge in [-0.25, -0.2) is 0 Å². The second-order valence-corrected chi connectivity index (χ2v) is 7.22. The molecule has 0 unspecified atom stereocenters. The summed E-state index contributed by atoms with van der Waals surface area (Å²) in [6, 6.07) is 15.3. The lowest BCUT2D eigenvalue weighted by Crippen LogP contribution is -2.45. The third-order valence-electron chi connectivity index (χ3n) is 4.09. The Labute approximate surface area is 160 Å². The molecular weight excluding hydrogens is 398 g/mol. The number of rotatable bonds is 3. The van der Waals surface area contributed by atoms with Crippen molar-refractivity contribution in [3.63, 3.8) is 0 Å². The van der Waals surface area contributed by atoms with Crippen LogP contribution in [0.15, 0.2) is 64.3 Å². The zero-order valence-corrected chi connectivity index (χ0v) is 16.3. The first-order valence-corrected chi connectivity index (χ1v) is 9.06. The summed E-state index contributed by atoms with van der Waals surface area (Å²) in [5.41, 5.74) is 4.15. The van der Waals surface area contributed by atoms with E-state index in [2.05, 4.69) is 31.9 Å². The van der Waals surface area contributed by atoms with E-state index in [0.717, 1.165) is 27.0 Å². The van der Waals surface area contributed by atoms with Gasteiger partial charge in [-0.1, -0.05) is 46.3 Å². The van der Waals surface area contributed by atoms with Crippen molar-refractivity contribution in [3.05, 3.63) is 75.4 Å². The van der Waals surface area contributed by atoms with Crippen LogP contribution in [0, 0.1) is 6.92 Å². The molecule has 0 aromatic heterocycles. The predicted molar refractivity (Wildman–Crippen MR) is 108 cm³/mol. The third-order valence-corrected chi connectivity index (χ3v) is 4.80. The molecule has 3 rings (SSSR count). The van der Waals surface area contributed by atoms with Crippen LogP contribution < -0.4 is 16.0 Å². The fourth-order valence-electron chi connectivity index (χ4n) is 2.83. The molecule has 1 heterocycles. The molecule has 0 aliphatic carbocycles. The minimum atomic E-state index is -0.310. The number of halogens is 1. The zero-order chi connectivity index (χ0) is 18.0. The van der Waals surface area contributed by atoms with Gasteiger partial charge in [-0.3, -0.25) is 4.79 Å². The quantitative estimate of drug-likeness (QED) is 0.657. The second-order valence-electron chi connectivity index (χ2n) is 5.89. The van der Waals surface area contributed by atoms with Gasteiger partial charge in [0.1, 0.15) is 0 Å². The van der Waals surface area contributed by atoms with Gasteiger partial charge in [0.2, 0.25) is 0 Å². The van der Waals surface area contributed by atoms with E-state index < -0.39 is 0 Å². The van der Waals surface area contributed by atoms with Crippen molar-refractivity contribution < 1.29 is 4.79 Å². The molecule has 0 saturated carbocycles. The molecule has 3 N–H and O–H groups in total. The number of carbonyl (C=O) groups excluding carboxylic acids is 1. The highest BCUT2D eigenvalue weighted by Gasteiger charge is 2.30. The Bertz CT molecular complexity index is 878. The molecule has 6 heteroatoms. The van der Waals surface area contributed by atoms with Crippen LogP contribution in [-0.2, 0) is 4.79 Å². The van der Waals surface area contributed by atoms with Crippen LogP contribution in [0.1, 0.15) is 24.1 Å². The number of amides is 1. The molecule has 25 heavy (non-hydrogen) atoms. The van der Waals surface area contributed by atoms with Crippen molar-refractivity contribution in [1.29, 1.82) is 0 Å². The van der Waals surface area contributed by atoms with Gasteiger partial charge in [0.25, 0.3) is 5.91 Å². The number of benzene rings is 2. The Balaban J connectivity index is 1.97. The molecule has 1 aliphatic rings. The fraction of sp³-hybridized carbons (Fsp3) is 0.158. The van der Waals surface area contributed by atoms with Crippen molar-refractivity contribution in [2.24, 2.45) is 0 Å². The maximum atomic E-state index is 13.0. The first-order valence-electron chi connectivity index (χ1n) is 7.86. The fourth-order valence-corrected chi connectivity index (χ4v) is 3.52. The molecule has 1 aliphatic heterocycles. The minimum Gasteiger partial charge on any atom is -0.351 e. The maximum absolute atomic E-state index is 13.0. The normalized spacial score (nSPS) is 16.9. The average Bonchev–Trinajstić information content (AvgIpc) is 2.56. The summed E-state index contributed by atoms with van der Waals surface area (Å²) in [6.45, 7) is 3.83. The number of hydrogen-bond donors (Lipinski definition) is 3. The summed E-state index contributed by atoms with van der Waals surface area (Å²) < 4.78 is 0.951. The van der Waals surface area contributed by atoms with Gasteiger partial charge < -0.3 is 16.0 Å². The number of thiocarbonyl (C=S) groups is 1. The van der Waals surface area contributed by atoms with E-state index in [1.807, 2.05) is 62.4 Å². The number of hydrogen-bond acceptors (Lipinski definition) is 2. The molecule has 1 atom stereocenters. The van der Waals surface area contributed by atoms with Crippen LogP contribution in [0.3, 0.4) is 0 Å². The van der Waals surface area contributed by atoms with Crippen LogP contribution in [-0.4, -0.2) is 11.0 Å². The molecule has 2 aromatic carbocycles. The number of nitrogens with one attached hydrogen (secondary N) is 3. The first kappa shape index (κ1) is 17.6. The summed E-state index contributed by atoms with van der Waals surface area (Å²) in [6.07, 6.45) is 0. The van der Waals surface area contributed by atoms with E-state index in [0.29, 0.717) is 10.7 Å². The van der Waals surface area contributed by atoms with Crippen LogP contribution >= 0.6 is 28.1 Å². The Kier molecular flexibility index (Phi) is 5.20. The molecule has 0 bridgehead atoms. The Morgan fingerprint density at radius 2 is 1.92 bits per heavy atom. The van der Waals surface area contributed by atoms with E-state index in [4.69, 9.17) is 12.2 Å². The lowest BCUT2D eigenvalue weighted by molar-refractivity contribution is -0.113. The Hall–Kier alpha value is -2.18. The van der Waals surface area contributed by atoms with Crippen LogP contribution in [0.5, 0.6) is 0 Å². The van der Waals surface area contributed by atoms with E-state index >= 15 is 0 Å². The van der Waals surface area contributed by atoms with E-state index in [1.54, 1.807) is 0 Å². The molecular formula is C19H18BrN3OS. The summed E-state index contributed by atoms with van der Waals surface area (Å²) in [5.74, 6) is -0.153. The molecule has 1 amide bonds. The second kappa shape index (κ2) is 7.37.